The van der Waals surface area contributed by atoms with E-state index in [0.29, 0.717) is 13.1 Å². The Morgan fingerprint density at radius 1 is 1.17 bits per heavy atom. The molecule has 0 bridgehead atoms. The Balaban J connectivity index is 2.35. The minimum Gasteiger partial charge on any atom is -0.369 e. The molecular weight excluding hydrogens is 224 g/mol. The van der Waals surface area contributed by atoms with E-state index >= 15 is 0 Å². The lowest BCUT2D eigenvalue weighted by Crippen LogP contribution is -2.13. The zero-order valence-electron chi connectivity index (χ0n) is 10.8. The standard InChI is InChI=1S/C14H18N4/c1-10-3-4-11(2)12(7-10)13-8-14(16-6-5-15)18-9-17-13/h3-4,7-9H,5-6,15H2,1-2H3,(H,16,17,18). The van der Waals surface area contributed by atoms with E-state index in [9.17, 15) is 0 Å². The molecule has 0 aliphatic heterocycles. The van der Waals surface area contributed by atoms with Crippen LogP contribution in [0.2, 0.25) is 0 Å². The number of nitrogens with two attached hydrogens (primary N) is 1. The smallest absolute Gasteiger partial charge is 0.129 e. The molecule has 0 saturated heterocycles. The van der Waals surface area contributed by atoms with Crippen molar-refractivity contribution in [1.82, 2.24) is 9.97 Å². The molecule has 0 radical (unpaired) electrons. The predicted molar refractivity (Wildman–Crippen MR) is 74.5 cm³/mol. The van der Waals surface area contributed by atoms with Gasteiger partial charge in [0.15, 0.2) is 0 Å². The highest BCUT2D eigenvalue weighted by molar-refractivity contribution is 5.66. The Bertz CT molecular complexity index is 537. The largest absolute Gasteiger partial charge is 0.369 e. The molecule has 0 saturated carbocycles. The average Bonchev–Trinajstić information content (AvgIpc) is 2.39. The van der Waals surface area contributed by atoms with Gasteiger partial charge in [-0.05, 0) is 25.5 Å². The molecular formula is C14H18N4. The molecule has 4 nitrogen and oxygen atoms in total. The number of anilines is 1. The molecule has 0 aliphatic rings. The summed E-state index contributed by atoms with van der Waals surface area (Å²) < 4.78 is 0. The monoisotopic (exact) mass is 242 g/mol. The third-order valence-electron chi connectivity index (χ3n) is 2.79. The molecule has 2 aromatic rings. The quantitative estimate of drug-likeness (QED) is 0.862. The van der Waals surface area contributed by atoms with Gasteiger partial charge < -0.3 is 11.1 Å². The van der Waals surface area contributed by atoms with Gasteiger partial charge in [-0.2, -0.15) is 0 Å². The summed E-state index contributed by atoms with van der Waals surface area (Å²) >= 11 is 0. The molecule has 18 heavy (non-hydrogen) atoms. The summed E-state index contributed by atoms with van der Waals surface area (Å²) in [4.78, 5) is 8.51. The summed E-state index contributed by atoms with van der Waals surface area (Å²) in [6.45, 7) is 5.47. The van der Waals surface area contributed by atoms with Crippen LogP contribution in [0.4, 0.5) is 5.82 Å². The van der Waals surface area contributed by atoms with Crippen LogP contribution in [0, 0.1) is 13.8 Å². The van der Waals surface area contributed by atoms with Crippen molar-refractivity contribution in [2.75, 3.05) is 18.4 Å². The van der Waals surface area contributed by atoms with Gasteiger partial charge in [0.25, 0.3) is 0 Å². The highest BCUT2D eigenvalue weighted by atomic mass is 15.0. The molecule has 2 rings (SSSR count). The van der Waals surface area contributed by atoms with E-state index in [2.05, 4.69) is 47.3 Å². The highest BCUT2D eigenvalue weighted by Gasteiger charge is 2.05. The van der Waals surface area contributed by atoms with Crippen LogP contribution in [-0.4, -0.2) is 23.1 Å². The topological polar surface area (TPSA) is 63.8 Å². The molecule has 0 spiro atoms. The molecule has 94 valence electrons. The van der Waals surface area contributed by atoms with Crippen LogP contribution >= 0.6 is 0 Å². The van der Waals surface area contributed by atoms with Crippen LogP contribution in [0.1, 0.15) is 11.1 Å². The zero-order chi connectivity index (χ0) is 13.0. The van der Waals surface area contributed by atoms with Crippen molar-refractivity contribution in [3.8, 4) is 11.3 Å². The van der Waals surface area contributed by atoms with Gasteiger partial charge in [-0.3, -0.25) is 0 Å². The molecule has 0 unspecified atom stereocenters. The average molecular weight is 242 g/mol. The molecule has 0 atom stereocenters. The van der Waals surface area contributed by atoms with E-state index in [1.165, 1.54) is 11.1 Å². The Kier molecular flexibility index (Phi) is 3.89. The fourth-order valence-electron chi connectivity index (χ4n) is 1.81. The number of rotatable bonds is 4. The fourth-order valence-corrected chi connectivity index (χ4v) is 1.81. The maximum atomic E-state index is 5.46. The SMILES string of the molecule is Cc1ccc(C)c(-c2cc(NCCN)ncn2)c1. The maximum Gasteiger partial charge on any atom is 0.129 e. The van der Waals surface area contributed by atoms with Crippen LogP contribution in [0.15, 0.2) is 30.6 Å². The van der Waals surface area contributed by atoms with Gasteiger partial charge in [0.2, 0.25) is 0 Å². The number of benzene rings is 1. The van der Waals surface area contributed by atoms with Crippen LogP contribution in [0.5, 0.6) is 0 Å². The highest BCUT2D eigenvalue weighted by Crippen LogP contribution is 2.23. The lowest BCUT2D eigenvalue weighted by Gasteiger charge is -2.08. The number of nitrogens with zero attached hydrogens (tertiary/aromatic N) is 2. The lowest BCUT2D eigenvalue weighted by molar-refractivity contribution is 1.00. The number of hydrogen-bond acceptors (Lipinski definition) is 4. The second-order valence-corrected chi connectivity index (χ2v) is 4.32. The number of nitrogens with one attached hydrogen (secondary N) is 1. The fraction of sp³-hybridized carbons (Fsp3) is 0.286. The minimum atomic E-state index is 0.586. The Morgan fingerprint density at radius 2 is 2.00 bits per heavy atom. The van der Waals surface area contributed by atoms with Crippen molar-refractivity contribution in [3.63, 3.8) is 0 Å². The molecule has 0 fully saturated rings. The van der Waals surface area contributed by atoms with Gasteiger partial charge >= 0.3 is 0 Å². The Morgan fingerprint density at radius 3 is 2.78 bits per heavy atom. The van der Waals surface area contributed by atoms with E-state index in [-0.39, 0.29) is 0 Å². The van der Waals surface area contributed by atoms with E-state index in [0.717, 1.165) is 17.1 Å². The first-order chi connectivity index (χ1) is 8.70. The second-order valence-electron chi connectivity index (χ2n) is 4.32. The van der Waals surface area contributed by atoms with Crippen molar-refractivity contribution in [2.45, 2.75) is 13.8 Å². The van der Waals surface area contributed by atoms with Gasteiger partial charge in [0.1, 0.15) is 12.1 Å². The molecule has 0 aliphatic carbocycles. The second kappa shape index (κ2) is 5.60. The molecule has 1 aromatic carbocycles. The van der Waals surface area contributed by atoms with Crippen LogP contribution in [-0.2, 0) is 0 Å². The van der Waals surface area contributed by atoms with Gasteiger partial charge in [-0.1, -0.05) is 17.7 Å². The van der Waals surface area contributed by atoms with E-state index in [1.807, 2.05) is 6.07 Å². The first-order valence-corrected chi connectivity index (χ1v) is 6.04. The predicted octanol–water partition coefficient (Wildman–Crippen LogP) is 2.13. The molecule has 4 heteroatoms. The maximum absolute atomic E-state index is 5.46. The summed E-state index contributed by atoms with van der Waals surface area (Å²) in [5.74, 6) is 0.811. The van der Waals surface area contributed by atoms with Crippen LogP contribution in [0.3, 0.4) is 0 Å². The number of aryl methyl sites for hydroxylation is 2. The number of aromatic nitrogens is 2. The van der Waals surface area contributed by atoms with E-state index in [4.69, 9.17) is 5.73 Å². The summed E-state index contributed by atoms with van der Waals surface area (Å²) in [7, 11) is 0. The van der Waals surface area contributed by atoms with Gasteiger partial charge in [0, 0.05) is 24.7 Å². The molecule has 3 N–H and O–H groups in total. The Labute approximate surface area is 107 Å². The van der Waals surface area contributed by atoms with Crippen molar-refractivity contribution in [1.29, 1.82) is 0 Å². The first kappa shape index (κ1) is 12.5. The number of hydrogen-bond donors (Lipinski definition) is 2. The van der Waals surface area contributed by atoms with Crippen molar-refractivity contribution in [2.24, 2.45) is 5.73 Å². The zero-order valence-corrected chi connectivity index (χ0v) is 10.8. The van der Waals surface area contributed by atoms with Crippen LogP contribution in [0.25, 0.3) is 11.3 Å². The first-order valence-electron chi connectivity index (χ1n) is 6.04. The molecule has 1 aromatic heterocycles. The van der Waals surface area contributed by atoms with Crippen molar-refractivity contribution >= 4 is 5.82 Å². The summed E-state index contributed by atoms with van der Waals surface area (Å²) in [5, 5.41) is 3.16. The minimum absolute atomic E-state index is 0.586. The van der Waals surface area contributed by atoms with Crippen molar-refractivity contribution in [3.05, 3.63) is 41.7 Å². The third-order valence-corrected chi connectivity index (χ3v) is 2.79. The van der Waals surface area contributed by atoms with Gasteiger partial charge in [0.05, 0.1) is 5.69 Å². The summed E-state index contributed by atoms with van der Waals surface area (Å²) in [6.07, 6.45) is 1.58. The normalized spacial score (nSPS) is 10.4. The Hall–Kier alpha value is -1.94. The van der Waals surface area contributed by atoms with Crippen LogP contribution < -0.4 is 11.1 Å². The van der Waals surface area contributed by atoms with Crippen molar-refractivity contribution < 1.29 is 0 Å². The molecule has 1 heterocycles. The molecule has 0 amide bonds. The lowest BCUT2D eigenvalue weighted by atomic mass is 10.0. The van der Waals surface area contributed by atoms with Gasteiger partial charge in [-0.25, -0.2) is 9.97 Å². The third kappa shape index (κ3) is 2.84. The van der Waals surface area contributed by atoms with E-state index < -0.39 is 0 Å². The summed E-state index contributed by atoms with van der Waals surface area (Å²) in [6, 6.07) is 8.31. The summed E-state index contributed by atoms with van der Waals surface area (Å²) in [5.41, 5.74) is 9.99. The van der Waals surface area contributed by atoms with E-state index in [1.54, 1.807) is 6.33 Å². The van der Waals surface area contributed by atoms with Gasteiger partial charge in [-0.15, -0.1) is 0 Å².